The second-order valence-electron chi connectivity index (χ2n) is 3.17. The van der Waals surface area contributed by atoms with E-state index < -0.39 is 0 Å². The number of carbonyl (C=O) groups excluding carboxylic acids is 1. The number of amides is 2. The molecule has 0 radical (unpaired) electrons. The van der Waals surface area contributed by atoms with Gasteiger partial charge in [-0.3, -0.25) is 0 Å². The predicted octanol–water partition coefficient (Wildman–Crippen LogP) is 1.66. The molecule has 0 spiro atoms. The first-order chi connectivity index (χ1) is 6.84. The zero-order chi connectivity index (χ0) is 9.80. The SMILES string of the molecule is O=C(Nc1ccsc1)NC1CCOC1. The van der Waals surface area contributed by atoms with Gasteiger partial charge in [-0.15, -0.1) is 0 Å². The summed E-state index contributed by atoms with van der Waals surface area (Å²) in [7, 11) is 0. The molecule has 1 atom stereocenters. The highest BCUT2D eigenvalue weighted by molar-refractivity contribution is 7.08. The average Bonchev–Trinajstić information content (AvgIpc) is 2.76. The van der Waals surface area contributed by atoms with Crippen LogP contribution < -0.4 is 10.6 Å². The van der Waals surface area contributed by atoms with E-state index in [9.17, 15) is 4.79 Å². The number of nitrogens with one attached hydrogen (secondary N) is 2. The van der Waals surface area contributed by atoms with Crippen LogP contribution in [0.25, 0.3) is 0 Å². The molecule has 1 fully saturated rings. The summed E-state index contributed by atoms with van der Waals surface area (Å²) < 4.78 is 5.15. The van der Waals surface area contributed by atoms with Crippen LogP contribution in [0.15, 0.2) is 16.8 Å². The molecule has 0 saturated carbocycles. The van der Waals surface area contributed by atoms with Gasteiger partial charge in [0.25, 0.3) is 0 Å². The van der Waals surface area contributed by atoms with Crippen molar-refractivity contribution in [2.45, 2.75) is 12.5 Å². The Balaban J connectivity index is 1.78. The molecule has 2 rings (SSSR count). The highest BCUT2D eigenvalue weighted by Gasteiger charge is 2.17. The summed E-state index contributed by atoms with van der Waals surface area (Å²) in [5, 5.41) is 9.42. The maximum Gasteiger partial charge on any atom is 0.319 e. The highest BCUT2D eigenvalue weighted by Crippen LogP contribution is 2.11. The van der Waals surface area contributed by atoms with Crippen LogP contribution in [0.3, 0.4) is 0 Å². The molecule has 1 unspecified atom stereocenters. The zero-order valence-electron chi connectivity index (χ0n) is 7.66. The fraction of sp³-hybridized carbons (Fsp3) is 0.444. The third-order valence-electron chi connectivity index (χ3n) is 2.04. The Hall–Kier alpha value is -1.07. The molecule has 4 nitrogen and oxygen atoms in total. The summed E-state index contributed by atoms with van der Waals surface area (Å²) in [6.45, 7) is 1.36. The summed E-state index contributed by atoms with van der Waals surface area (Å²) in [5.41, 5.74) is 0.839. The first-order valence-corrected chi connectivity index (χ1v) is 5.46. The summed E-state index contributed by atoms with van der Waals surface area (Å²) >= 11 is 1.56. The number of urea groups is 1. The molecular formula is C9H12N2O2S. The van der Waals surface area contributed by atoms with Crippen LogP contribution in [-0.2, 0) is 4.74 Å². The molecule has 0 aliphatic carbocycles. The molecule has 1 aliphatic heterocycles. The smallest absolute Gasteiger partial charge is 0.319 e. The van der Waals surface area contributed by atoms with E-state index in [1.54, 1.807) is 11.3 Å². The van der Waals surface area contributed by atoms with E-state index in [2.05, 4.69) is 10.6 Å². The number of anilines is 1. The van der Waals surface area contributed by atoms with E-state index >= 15 is 0 Å². The highest BCUT2D eigenvalue weighted by atomic mass is 32.1. The lowest BCUT2D eigenvalue weighted by molar-refractivity contribution is 0.189. The number of carbonyl (C=O) groups is 1. The van der Waals surface area contributed by atoms with Gasteiger partial charge in [0.05, 0.1) is 18.3 Å². The fourth-order valence-corrected chi connectivity index (χ4v) is 1.92. The second-order valence-corrected chi connectivity index (χ2v) is 3.95. The van der Waals surface area contributed by atoms with Crippen LogP contribution in [0.2, 0.25) is 0 Å². The number of rotatable bonds is 2. The van der Waals surface area contributed by atoms with Crippen LogP contribution in [0.5, 0.6) is 0 Å². The van der Waals surface area contributed by atoms with E-state index in [-0.39, 0.29) is 12.1 Å². The second kappa shape index (κ2) is 4.43. The molecular weight excluding hydrogens is 200 g/mol. The molecule has 76 valence electrons. The van der Waals surface area contributed by atoms with Gasteiger partial charge in [0.1, 0.15) is 0 Å². The summed E-state index contributed by atoms with van der Waals surface area (Å²) in [6.07, 6.45) is 0.900. The summed E-state index contributed by atoms with van der Waals surface area (Å²) in [4.78, 5) is 11.4. The quantitative estimate of drug-likeness (QED) is 0.783. The molecule has 1 saturated heterocycles. The Morgan fingerprint density at radius 3 is 3.21 bits per heavy atom. The van der Waals surface area contributed by atoms with Crippen molar-refractivity contribution in [1.29, 1.82) is 0 Å². The largest absolute Gasteiger partial charge is 0.379 e. The Labute approximate surface area is 86.3 Å². The molecule has 1 aromatic heterocycles. The van der Waals surface area contributed by atoms with E-state index in [1.165, 1.54) is 0 Å². The lowest BCUT2D eigenvalue weighted by atomic mass is 10.3. The van der Waals surface area contributed by atoms with Crippen molar-refractivity contribution in [3.05, 3.63) is 16.8 Å². The van der Waals surface area contributed by atoms with Crippen molar-refractivity contribution in [2.75, 3.05) is 18.5 Å². The van der Waals surface area contributed by atoms with E-state index in [1.807, 2.05) is 16.8 Å². The molecule has 1 aliphatic rings. The van der Waals surface area contributed by atoms with Gasteiger partial charge in [0, 0.05) is 12.0 Å². The summed E-state index contributed by atoms with van der Waals surface area (Å²) in [6, 6.07) is 1.88. The van der Waals surface area contributed by atoms with Crippen molar-refractivity contribution in [1.82, 2.24) is 5.32 Å². The monoisotopic (exact) mass is 212 g/mol. The third kappa shape index (κ3) is 2.46. The van der Waals surface area contributed by atoms with Crippen molar-refractivity contribution < 1.29 is 9.53 Å². The van der Waals surface area contributed by atoms with E-state index in [4.69, 9.17) is 4.74 Å². The Kier molecular flexibility index (Phi) is 3.00. The van der Waals surface area contributed by atoms with Crippen LogP contribution in [0, 0.1) is 0 Å². The fourth-order valence-electron chi connectivity index (χ4n) is 1.34. The van der Waals surface area contributed by atoms with Crippen LogP contribution in [0.1, 0.15) is 6.42 Å². The van der Waals surface area contributed by atoms with Gasteiger partial charge in [-0.05, 0) is 17.9 Å². The maximum absolute atomic E-state index is 11.4. The van der Waals surface area contributed by atoms with Crippen LogP contribution in [0.4, 0.5) is 10.5 Å². The predicted molar refractivity (Wildman–Crippen MR) is 55.7 cm³/mol. The van der Waals surface area contributed by atoms with Gasteiger partial charge in [0.2, 0.25) is 0 Å². The Morgan fingerprint density at radius 1 is 1.64 bits per heavy atom. The normalized spacial score (nSPS) is 20.7. The van der Waals surface area contributed by atoms with Crippen molar-refractivity contribution in [2.24, 2.45) is 0 Å². The Morgan fingerprint density at radius 2 is 2.57 bits per heavy atom. The first kappa shape index (κ1) is 9.48. The van der Waals surface area contributed by atoms with Gasteiger partial charge in [0.15, 0.2) is 0 Å². The molecule has 1 aromatic rings. The topological polar surface area (TPSA) is 50.4 Å². The van der Waals surface area contributed by atoms with Gasteiger partial charge < -0.3 is 15.4 Å². The van der Waals surface area contributed by atoms with Crippen molar-refractivity contribution in [3.8, 4) is 0 Å². The number of hydrogen-bond acceptors (Lipinski definition) is 3. The molecule has 0 aromatic carbocycles. The lowest BCUT2D eigenvalue weighted by Crippen LogP contribution is -2.38. The molecule has 5 heteroatoms. The van der Waals surface area contributed by atoms with E-state index in [0.29, 0.717) is 6.61 Å². The summed E-state index contributed by atoms with van der Waals surface area (Å²) in [5.74, 6) is 0. The molecule has 2 heterocycles. The number of hydrogen-bond donors (Lipinski definition) is 2. The number of thiophene rings is 1. The van der Waals surface area contributed by atoms with Gasteiger partial charge in [-0.2, -0.15) is 11.3 Å². The molecule has 0 bridgehead atoms. The molecule has 2 N–H and O–H groups in total. The first-order valence-electron chi connectivity index (χ1n) is 4.52. The van der Waals surface area contributed by atoms with E-state index in [0.717, 1.165) is 18.7 Å². The zero-order valence-corrected chi connectivity index (χ0v) is 8.47. The van der Waals surface area contributed by atoms with Crippen LogP contribution >= 0.6 is 11.3 Å². The van der Waals surface area contributed by atoms with Gasteiger partial charge >= 0.3 is 6.03 Å². The average molecular weight is 212 g/mol. The minimum Gasteiger partial charge on any atom is -0.379 e. The minimum atomic E-state index is -0.154. The minimum absolute atomic E-state index is 0.154. The standard InChI is InChI=1S/C9H12N2O2S/c12-9(10-7-1-3-13-5-7)11-8-2-4-14-6-8/h2,4,6-7H,1,3,5H2,(H2,10,11,12). The Bertz CT molecular complexity index is 294. The molecule has 14 heavy (non-hydrogen) atoms. The van der Waals surface area contributed by atoms with Gasteiger partial charge in [-0.25, -0.2) is 4.79 Å². The molecule has 2 amide bonds. The van der Waals surface area contributed by atoms with Crippen molar-refractivity contribution in [3.63, 3.8) is 0 Å². The van der Waals surface area contributed by atoms with Crippen LogP contribution in [-0.4, -0.2) is 25.3 Å². The number of ether oxygens (including phenoxy) is 1. The van der Waals surface area contributed by atoms with Crippen molar-refractivity contribution >= 4 is 23.1 Å². The lowest BCUT2D eigenvalue weighted by Gasteiger charge is -2.10. The van der Waals surface area contributed by atoms with Gasteiger partial charge in [-0.1, -0.05) is 0 Å². The maximum atomic E-state index is 11.4. The third-order valence-corrected chi connectivity index (χ3v) is 2.73.